The van der Waals surface area contributed by atoms with Crippen LogP contribution in [-0.2, 0) is 14.8 Å². The number of ether oxygens (including phenoxy) is 2. The molecule has 0 bridgehead atoms. The molecule has 1 aromatic heterocycles. The van der Waals surface area contributed by atoms with E-state index < -0.39 is 10.0 Å². The zero-order valence-electron chi connectivity index (χ0n) is 14.5. The van der Waals surface area contributed by atoms with Gasteiger partial charge in [-0.15, -0.1) is 0 Å². The molecule has 1 amide bonds. The Hall–Kier alpha value is -2.59. The van der Waals surface area contributed by atoms with E-state index in [-0.39, 0.29) is 23.8 Å². The first kappa shape index (κ1) is 18.2. The number of carbonyl (C=O) groups excluding carboxylic acids is 1. The fourth-order valence-electron chi connectivity index (χ4n) is 2.65. The maximum Gasteiger partial charge on any atom is 0.244 e. The van der Waals surface area contributed by atoms with Gasteiger partial charge in [-0.2, -0.15) is 5.10 Å². The van der Waals surface area contributed by atoms with Gasteiger partial charge in [-0.25, -0.2) is 13.1 Å². The van der Waals surface area contributed by atoms with Crippen molar-refractivity contribution in [3.8, 4) is 11.5 Å². The molecule has 10 heteroatoms. The first-order chi connectivity index (χ1) is 12.4. The molecule has 1 aliphatic heterocycles. The van der Waals surface area contributed by atoms with Crippen LogP contribution in [-0.4, -0.2) is 44.3 Å². The first-order valence-electron chi connectivity index (χ1n) is 8.07. The SMILES string of the molecule is Cc1n[nH]c(C)c1S(=O)(=O)NCCC(=O)Nc1ccc2c(c1)OCCO2. The van der Waals surface area contributed by atoms with Crippen molar-refractivity contribution >= 4 is 21.6 Å². The molecule has 3 N–H and O–H groups in total. The molecule has 2 aromatic rings. The van der Waals surface area contributed by atoms with Crippen molar-refractivity contribution in [2.75, 3.05) is 25.1 Å². The van der Waals surface area contributed by atoms with Crippen LogP contribution in [0.2, 0.25) is 0 Å². The number of carbonyl (C=O) groups is 1. The van der Waals surface area contributed by atoms with Crippen LogP contribution in [0.4, 0.5) is 5.69 Å². The number of benzene rings is 1. The highest BCUT2D eigenvalue weighted by atomic mass is 32.2. The van der Waals surface area contributed by atoms with Crippen molar-refractivity contribution < 1.29 is 22.7 Å². The van der Waals surface area contributed by atoms with Crippen molar-refractivity contribution in [1.29, 1.82) is 0 Å². The molecule has 0 radical (unpaired) electrons. The van der Waals surface area contributed by atoms with Gasteiger partial charge in [-0.3, -0.25) is 9.89 Å². The smallest absolute Gasteiger partial charge is 0.244 e. The van der Waals surface area contributed by atoms with E-state index in [1.54, 1.807) is 32.0 Å². The monoisotopic (exact) mass is 380 g/mol. The summed E-state index contributed by atoms with van der Waals surface area (Å²) in [5.41, 5.74) is 1.40. The van der Waals surface area contributed by atoms with Gasteiger partial charge in [-0.05, 0) is 26.0 Å². The van der Waals surface area contributed by atoms with E-state index in [9.17, 15) is 13.2 Å². The third-order valence-corrected chi connectivity index (χ3v) is 5.52. The topological polar surface area (TPSA) is 122 Å². The highest BCUT2D eigenvalue weighted by molar-refractivity contribution is 7.89. The Morgan fingerprint density at radius 1 is 1.23 bits per heavy atom. The van der Waals surface area contributed by atoms with E-state index in [4.69, 9.17) is 9.47 Å². The molecule has 9 nitrogen and oxygen atoms in total. The normalized spacial score (nSPS) is 13.5. The van der Waals surface area contributed by atoms with Crippen LogP contribution >= 0.6 is 0 Å². The number of nitrogens with zero attached hydrogens (tertiary/aromatic N) is 1. The van der Waals surface area contributed by atoms with Gasteiger partial charge in [0.15, 0.2) is 11.5 Å². The molecule has 0 spiro atoms. The highest BCUT2D eigenvalue weighted by Crippen LogP contribution is 2.32. The number of hydrogen-bond acceptors (Lipinski definition) is 6. The Balaban J connectivity index is 1.55. The second-order valence-electron chi connectivity index (χ2n) is 5.82. The lowest BCUT2D eigenvalue weighted by atomic mass is 10.2. The lowest BCUT2D eigenvalue weighted by Gasteiger charge is -2.19. The van der Waals surface area contributed by atoms with E-state index in [0.29, 0.717) is 41.8 Å². The van der Waals surface area contributed by atoms with Crippen LogP contribution < -0.4 is 19.5 Å². The van der Waals surface area contributed by atoms with Gasteiger partial charge in [-0.1, -0.05) is 0 Å². The second-order valence-corrected chi connectivity index (χ2v) is 7.52. The number of aromatic nitrogens is 2. The molecular weight excluding hydrogens is 360 g/mol. The van der Waals surface area contributed by atoms with E-state index in [1.807, 2.05) is 0 Å². The minimum Gasteiger partial charge on any atom is -0.486 e. The van der Waals surface area contributed by atoms with Gasteiger partial charge in [0.1, 0.15) is 18.1 Å². The second kappa shape index (κ2) is 7.34. The molecule has 0 atom stereocenters. The third kappa shape index (κ3) is 3.97. The van der Waals surface area contributed by atoms with Crippen LogP contribution in [0.5, 0.6) is 11.5 Å². The summed E-state index contributed by atoms with van der Waals surface area (Å²) in [6, 6.07) is 5.10. The van der Waals surface area contributed by atoms with Gasteiger partial charge in [0.05, 0.1) is 11.4 Å². The minimum absolute atomic E-state index is 0.0103. The standard InChI is InChI=1S/C16H20N4O5S/c1-10-16(11(2)20-19-10)26(22,23)17-6-5-15(21)18-12-3-4-13-14(9-12)25-8-7-24-13/h3-4,9,17H,5-8H2,1-2H3,(H,18,21)(H,19,20). The van der Waals surface area contributed by atoms with Crippen molar-refractivity contribution in [2.24, 2.45) is 0 Å². The van der Waals surface area contributed by atoms with Gasteiger partial charge in [0.2, 0.25) is 15.9 Å². The number of aryl methyl sites for hydroxylation is 2. The van der Waals surface area contributed by atoms with Crippen LogP contribution in [0.3, 0.4) is 0 Å². The van der Waals surface area contributed by atoms with Gasteiger partial charge in [0, 0.05) is 24.7 Å². The third-order valence-electron chi connectivity index (χ3n) is 3.80. The molecule has 3 rings (SSSR count). The van der Waals surface area contributed by atoms with Crippen LogP contribution in [0.1, 0.15) is 17.8 Å². The maximum atomic E-state index is 12.3. The summed E-state index contributed by atoms with van der Waals surface area (Å²) in [7, 11) is -3.72. The number of H-pyrrole nitrogens is 1. The van der Waals surface area contributed by atoms with E-state index >= 15 is 0 Å². The Morgan fingerprint density at radius 3 is 2.65 bits per heavy atom. The number of nitrogens with one attached hydrogen (secondary N) is 3. The van der Waals surface area contributed by atoms with Crippen molar-refractivity contribution in [3.63, 3.8) is 0 Å². The van der Waals surface area contributed by atoms with Crippen molar-refractivity contribution in [1.82, 2.24) is 14.9 Å². The minimum atomic E-state index is -3.72. The number of amides is 1. The molecule has 0 unspecified atom stereocenters. The summed E-state index contributed by atoms with van der Waals surface area (Å²) in [6.45, 7) is 4.16. The van der Waals surface area contributed by atoms with Gasteiger partial charge >= 0.3 is 0 Å². The zero-order valence-corrected chi connectivity index (χ0v) is 15.3. The molecule has 26 heavy (non-hydrogen) atoms. The highest BCUT2D eigenvalue weighted by Gasteiger charge is 2.22. The fourth-order valence-corrected chi connectivity index (χ4v) is 4.05. The number of anilines is 1. The molecule has 0 fully saturated rings. The van der Waals surface area contributed by atoms with Crippen molar-refractivity contribution in [2.45, 2.75) is 25.2 Å². The number of fused-ring (bicyclic) bond motifs is 1. The van der Waals surface area contributed by atoms with Crippen LogP contribution in [0, 0.1) is 13.8 Å². The summed E-state index contributed by atoms with van der Waals surface area (Å²) in [6.07, 6.45) is -0.0103. The Labute approximate surface area is 151 Å². The molecule has 1 aliphatic rings. The molecule has 0 aliphatic carbocycles. The van der Waals surface area contributed by atoms with E-state index in [1.165, 1.54) is 0 Å². The lowest BCUT2D eigenvalue weighted by molar-refractivity contribution is -0.116. The molecule has 0 saturated heterocycles. The predicted molar refractivity (Wildman–Crippen MR) is 93.9 cm³/mol. The van der Waals surface area contributed by atoms with E-state index in [2.05, 4.69) is 20.2 Å². The summed E-state index contributed by atoms with van der Waals surface area (Å²) in [4.78, 5) is 12.2. The zero-order chi connectivity index (χ0) is 18.7. The molecule has 140 valence electrons. The molecule has 2 heterocycles. The molecule has 0 saturated carbocycles. The lowest BCUT2D eigenvalue weighted by Crippen LogP contribution is -2.28. The summed E-state index contributed by atoms with van der Waals surface area (Å²) >= 11 is 0. The van der Waals surface area contributed by atoms with Crippen molar-refractivity contribution in [3.05, 3.63) is 29.6 Å². The average Bonchev–Trinajstić information content (AvgIpc) is 2.94. The maximum absolute atomic E-state index is 12.3. The molecule has 1 aromatic carbocycles. The Kier molecular flexibility index (Phi) is 5.14. The predicted octanol–water partition coefficient (Wildman–Crippen LogP) is 1.10. The van der Waals surface area contributed by atoms with E-state index in [0.717, 1.165) is 0 Å². The van der Waals surface area contributed by atoms with Crippen LogP contribution in [0.15, 0.2) is 23.1 Å². The van der Waals surface area contributed by atoms with Gasteiger partial charge < -0.3 is 14.8 Å². The number of sulfonamides is 1. The fraction of sp³-hybridized carbons (Fsp3) is 0.375. The Morgan fingerprint density at radius 2 is 1.96 bits per heavy atom. The summed E-state index contributed by atoms with van der Waals surface area (Å²) < 4.78 is 37.9. The average molecular weight is 380 g/mol. The summed E-state index contributed by atoms with van der Waals surface area (Å²) in [5.74, 6) is 0.888. The first-order valence-corrected chi connectivity index (χ1v) is 9.56. The Bertz CT molecular complexity index is 903. The molecular formula is C16H20N4O5S. The van der Waals surface area contributed by atoms with Crippen LogP contribution in [0.25, 0.3) is 0 Å². The number of hydrogen-bond donors (Lipinski definition) is 3. The number of aromatic amines is 1. The largest absolute Gasteiger partial charge is 0.486 e. The quantitative estimate of drug-likeness (QED) is 0.690. The summed E-state index contributed by atoms with van der Waals surface area (Å²) in [5, 5.41) is 9.21. The number of rotatable bonds is 6. The van der Waals surface area contributed by atoms with Gasteiger partial charge in [0.25, 0.3) is 0 Å².